The first-order chi connectivity index (χ1) is 7.46. The van der Waals surface area contributed by atoms with E-state index in [0.29, 0.717) is 5.69 Å². The van der Waals surface area contributed by atoms with Gasteiger partial charge in [-0.1, -0.05) is 24.3 Å². The first-order valence-electron chi connectivity index (χ1n) is 4.93. The average molecular weight is 235 g/mol. The summed E-state index contributed by atoms with van der Waals surface area (Å²) >= 11 is 0. The predicted octanol–water partition coefficient (Wildman–Crippen LogP) is 2.52. The number of sulfonamides is 1. The molecule has 1 N–H and O–H groups in total. The first kappa shape index (κ1) is 11.0. The van der Waals surface area contributed by atoms with Gasteiger partial charge in [0.15, 0.2) is 0 Å². The van der Waals surface area contributed by atoms with Crippen molar-refractivity contribution in [1.29, 1.82) is 0 Å². The Morgan fingerprint density at radius 2 is 1.81 bits per heavy atom. The maximum absolute atomic E-state index is 11.1. The Balaban J connectivity index is 2.58. The molecule has 0 heterocycles. The van der Waals surface area contributed by atoms with E-state index in [4.69, 9.17) is 0 Å². The summed E-state index contributed by atoms with van der Waals surface area (Å²) < 4.78 is 24.8. The van der Waals surface area contributed by atoms with Crippen LogP contribution in [0.4, 0.5) is 5.69 Å². The summed E-state index contributed by atoms with van der Waals surface area (Å²) in [5.41, 5.74) is 1.67. The van der Waals surface area contributed by atoms with Crippen molar-refractivity contribution in [2.24, 2.45) is 0 Å². The molecule has 0 spiro atoms. The van der Waals surface area contributed by atoms with Crippen molar-refractivity contribution >= 4 is 26.5 Å². The summed E-state index contributed by atoms with van der Waals surface area (Å²) in [7, 11) is -3.21. The molecule has 0 aliphatic rings. The van der Waals surface area contributed by atoms with Gasteiger partial charge < -0.3 is 0 Å². The number of nitrogens with one attached hydrogen (secondary N) is 1. The summed E-state index contributed by atoms with van der Waals surface area (Å²) in [6.45, 7) is 1.97. The van der Waals surface area contributed by atoms with Gasteiger partial charge >= 0.3 is 0 Å². The zero-order chi connectivity index (χ0) is 11.8. The highest BCUT2D eigenvalue weighted by atomic mass is 32.2. The summed E-state index contributed by atoms with van der Waals surface area (Å²) in [5.74, 6) is 0. The molecule has 0 radical (unpaired) electrons. The molecule has 3 nitrogen and oxygen atoms in total. The van der Waals surface area contributed by atoms with Crippen LogP contribution in [0, 0.1) is 6.92 Å². The van der Waals surface area contributed by atoms with Crippen LogP contribution in [0.15, 0.2) is 36.4 Å². The number of aryl methyl sites for hydroxylation is 1. The lowest BCUT2D eigenvalue weighted by atomic mass is 10.1. The van der Waals surface area contributed by atoms with Gasteiger partial charge in [0.25, 0.3) is 0 Å². The molecule has 0 bridgehead atoms. The molecule has 2 rings (SSSR count). The van der Waals surface area contributed by atoms with Crippen LogP contribution in [0.2, 0.25) is 0 Å². The fourth-order valence-corrected chi connectivity index (χ4v) is 2.32. The minimum absolute atomic E-state index is 0.610. The normalized spacial score (nSPS) is 11.6. The largest absolute Gasteiger partial charge is 0.284 e. The van der Waals surface area contributed by atoms with Gasteiger partial charge in [0.1, 0.15) is 0 Å². The molecular weight excluding hydrogens is 222 g/mol. The Morgan fingerprint density at radius 1 is 1.12 bits per heavy atom. The average Bonchev–Trinajstić information content (AvgIpc) is 2.15. The molecule has 2 aromatic carbocycles. The van der Waals surface area contributed by atoms with Crippen molar-refractivity contribution in [3.05, 3.63) is 42.0 Å². The first-order valence-corrected chi connectivity index (χ1v) is 6.82. The zero-order valence-corrected chi connectivity index (χ0v) is 10.0. The lowest BCUT2D eigenvalue weighted by Crippen LogP contribution is -2.09. The Labute approximate surface area is 95.2 Å². The smallest absolute Gasteiger partial charge is 0.229 e. The second-order valence-electron chi connectivity index (χ2n) is 3.89. The third kappa shape index (κ3) is 2.33. The van der Waals surface area contributed by atoms with Crippen LogP contribution in [-0.4, -0.2) is 14.7 Å². The topological polar surface area (TPSA) is 46.2 Å². The van der Waals surface area contributed by atoms with Crippen LogP contribution < -0.4 is 4.72 Å². The van der Waals surface area contributed by atoms with Gasteiger partial charge in [-0.2, -0.15) is 0 Å². The number of hydrogen-bond acceptors (Lipinski definition) is 2. The van der Waals surface area contributed by atoms with Crippen LogP contribution in [-0.2, 0) is 10.0 Å². The molecule has 0 amide bonds. The molecule has 4 heteroatoms. The number of rotatable bonds is 2. The number of benzene rings is 2. The molecule has 0 unspecified atom stereocenters. The van der Waals surface area contributed by atoms with E-state index in [1.165, 1.54) is 0 Å². The van der Waals surface area contributed by atoms with Crippen LogP contribution in [0.3, 0.4) is 0 Å². The molecule has 0 aliphatic heterocycles. The lowest BCUT2D eigenvalue weighted by molar-refractivity contribution is 0.607. The van der Waals surface area contributed by atoms with Gasteiger partial charge in [-0.3, -0.25) is 4.72 Å². The second-order valence-corrected chi connectivity index (χ2v) is 5.64. The van der Waals surface area contributed by atoms with Gasteiger partial charge in [0.05, 0.1) is 6.26 Å². The third-order valence-corrected chi connectivity index (χ3v) is 2.98. The summed E-state index contributed by atoms with van der Waals surface area (Å²) in [4.78, 5) is 0. The van der Waals surface area contributed by atoms with E-state index >= 15 is 0 Å². The van der Waals surface area contributed by atoms with Gasteiger partial charge in [0.2, 0.25) is 10.0 Å². The number of fused-ring (bicyclic) bond motifs is 1. The molecule has 2 aromatic rings. The number of anilines is 1. The molecule has 0 aromatic heterocycles. The SMILES string of the molecule is Cc1cc(NS(C)(=O)=O)cc2ccccc12. The van der Waals surface area contributed by atoms with E-state index in [1.807, 2.05) is 43.3 Å². The lowest BCUT2D eigenvalue weighted by Gasteiger charge is -2.08. The quantitative estimate of drug-likeness (QED) is 0.869. The van der Waals surface area contributed by atoms with Crippen LogP contribution >= 0.6 is 0 Å². The maximum atomic E-state index is 11.1. The van der Waals surface area contributed by atoms with Crippen molar-refractivity contribution < 1.29 is 8.42 Å². The summed E-state index contributed by atoms with van der Waals surface area (Å²) in [6, 6.07) is 11.6. The highest BCUT2D eigenvalue weighted by Gasteiger charge is 2.04. The van der Waals surface area contributed by atoms with E-state index < -0.39 is 10.0 Å². The van der Waals surface area contributed by atoms with Gasteiger partial charge in [0, 0.05) is 5.69 Å². The Hall–Kier alpha value is -1.55. The van der Waals surface area contributed by atoms with E-state index in [1.54, 1.807) is 0 Å². The number of hydrogen-bond donors (Lipinski definition) is 1. The van der Waals surface area contributed by atoms with Crippen LogP contribution in [0.25, 0.3) is 10.8 Å². The van der Waals surface area contributed by atoms with Crippen molar-refractivity contribution in [1.82, 2.24) is 0 Å². The maximum Gasteiger partial charge on any atom is 0.229 e. The van der Waals surface area contributed by atoms with Crippen LogP contribution in [0.5, 0.6) is 0 Å². The van der Waals surface area contributed by atoms with E-state index in [-0.39, 0.29) is 0 Å². The van der Waals surface area contributed by atoms with Gasteiger partial charge in [-0.25, -0.2) is 8.42 Å². The molecule has 0 fully saturated rings. The van der Waals surface area contributed by atoms with Crippen molar-refractivity contribution in [3.63, 3.8) is 0 Å². The van der Waals surface area contributed by atoms with E-state index in [0.717, 1.165) is 22.6 Å². The van der Waals surface area contributed by atoms with Crippen molar-refractivity contribution in [3.8, 4) is 0 Å². The minimum Gasteiger partial charge on any atom is -0.284 e. The van der Waals surface area contributed by atoms with Crippen molar-refractivity contribution in [2.45, 2.75) is 6.92 Å². The Bertz CT molecular complexity index is 633. The van der Waals surface area contributed by atoms with Gasteiger partial charge in [-0.05, 0) is 35.4 Å². The molecule has 16 heavy (non-hydrogen) atoms. The summed E-state index contributed by atoms with van der Waals surface area (Å²) in [5, 5.41) is 2.18. The Morgan fingerprint density at radius 3 is 2.50 bits per heavy atom. The fraction of sp³-hybridized carbons (Fsp3) is 0.167. The molecular formula is C12H13NO2S. The molecule has 0 saturated carbocycles. The standard InChI is InChI=1S/C12H13NO2S/c1-9-7-11(13-16(2,14)15)8-10-5-3-4-6-12(9)10/h3-8,13H,1-2H3. The monoisotopic (exact) mass is 235 g/mol. The highest BCUT2D eigenvalue weighted by molar-refractivity contribution is 7.92. The molecule has 0 aliphatic carbocycles. The third-order valence-electron chi connectivity index (χ3n) is 2.37. The zero-order valence-electron chi connectivity index (χ0n) is 9.19. The van der Waals surface area contributed by atoms with E-state index in [9.17, 15) is 8.42 Å². The molecule has 0 saturated heterocycles. The Kier molecular flexibility index (Phi) is 2.59. The second kappa shape index (κ2) is 3.79. The van der Waals surface area contributed by atoms with Gasteiger partial charge in [-0.15, -0.1) is 0 Å². The summed E-state index contributed by atoms with van der Waals surface area (Å²) in [6.07, 6.45) is 1.15. The van der Waals surface area contributed by atoms with E-state index in [2.05, 4.69) is 4.72 Å². The highest BCUT2D eigenvalue weighted by Crippen LogP contribution is 2.23. The fourth-order valence-electron chi connectivity index (χ4n) is 1.78. The molecule has 0 atom stereocenters. The van der Waals surface area contributed by atoms with Crippen LogP contribution in [0.1, 0.15) is 5.56 Å². The predicted molar refractivity (Wildman–Crippen MR) is 67.2 cm³/mol. The minimum atomic E-state index is -3.21. The van der Waals surface area contributed by atoms with Crippen molar-refractivity contribution in [2.75, 3.05) is 11.0 Å². The molecule has 84 valence electrons.